The van der Waals surface area contributed by atoms with Crippen LogP contribution in [0.4, 0.5) is 13.2 Å². The van der Waals surface area contributed by atoms with E-state index in [1.54, 1.807) is 0 Å². The van der Waals surface area contributed by atoms with Crippen molar-refractivity contribution in [3.63, 3.8) is 0 Å². The summed E-state index contributed by atoms with van der Waals surface area (Å²) in [6.07, 6.45) is -4.88. The molecular formula is C6H8BClF3N2O2P. The molecule has 0 aromatic heterocycles. The second-order valence-corrected chi connectivity index (χ2v) is 6.40. The highest BCUT2D eigenvalue weighted by molar-refractivity contribution is 8.05. The monoisotopic (exact) mass is 274 g/mol. The molecule has 0 saturated carbocycles. The lowest BCUT2D eigenvalue weighted by Gasteiger charge is -2.36. The molecule has 1 saturated heterocycles. The molecule has 2 radical (unpaired) electrons. The fourth-order valence-electron chi connectivity index (χ4n) is 1.35. The van der Waals surface area contributed by atoms with Crippen LogP contribution in [0.25, 0.3) is 0 Å². The maximum atomic E-state index is 12.1. The first-order valence-electron chi connectivity index (χ1n) is 4.32. The van der Waals surface area contributed by atoms with Crippen LogP contribution in [0.1, 0.15) is 0 Å². The van der Waals surface area contributed by atoms with E-state index in [0.717, 1.165) is 0 Å². The van der Waals surface area contributed by atoms with Gasteiger partial charge in [0.05, 0.1) is 0 Å². The summed E-state index contributed by atoms with van der Waals surface area (Å²) in [6.45, 7) is -3.89. The average Bonchev–Trinajstić information content (AvgIpc) is 2.14. The minimum Gasteiger partial charge on any atom is -0.332 e. The number of piperazine rings is 1. The molecular weight excluding hydrogens is 266 g/mol. The number of halogens is 4. The Morgan fingerprint density at radius 2 is 1.69 bits per heavy atom. The normalized spacial score (nSPS) is 22.9. The van der Waals surface area contributed by atoms with Crippen LogP contribution in [-0.2, 0) is 9.36 Å². The van der Waals surface area contributed by atoms with Gasteiger partial charge in [0, 0.05) is 26.2 Å². The first kappa shape index (κ1) is 13.9. The van der Waals surface area contributed by atoms with E-state index in [1.807, 2.05) is 0 Å². The Balaban J connectivity index is 2.56. The van der Waals surface area contributed by atoms with Crippen LogP contribution in [0, 0.1) is 0 Å². The highest BCUT2D eigenvalue weighted by atomic mass is 35.7. The summed E-state index contributed by atoms with van der Waals surface area (Å²) in [4.78, 5) is 11.5. The molecule has 0 aromatic rings. The Morgan fingerprint density at radius 1 is 1.25 bits per heavy atom. The molecule has 1 aliphatic rings. The molecule has 1 unspecified atom stereocenters. The Hall–Kier alpha value is -0.195. The lowest BCUT2D eigenvalue weighted by Crippen LogP contribution is -2.51. The maximum Gasteiger partial charge on any atom is 0.471 e. The van der Waals surface area contributed by atoms with E-state index in [4.69, 9.17) is 18.8 Å². The van der Waals surface area contributed by atoms with Crippen molar-refractivity contribution >= 4 is 31.2 Å². The number of nitrogens with zero attached hydrogens (tertiary/aromatic N) is 2. The Labute approximate surface area is 96.3 Å². The summed E-state index contributed by atoms with van der Waals surface area (Å²) >= 11 is 5.36. The molecule has 90 valence electrons. The van der Waals surface area contributed by atoms with E-state index < -0.39 is 18.6 Å². The van der Waals surface area contributed by atoms with Crippen LogP contribution in [0.3, 0.4) is 0 Å². The second kappa shape index (κ2) is 4.59. The summed E-state index contributed by atoms with van der Waals surface area (Å²) in [5.74, 6) is -1.89. The molecule has 0 aromatic carbocycles. The van der Waals surface area contributed by atoms with E-state index >= 15 is 0 Å². The van der Waals surface area contributed by atoms with Crippen molar-refractivity contribution in [2.24, 2.45) is 0 Å². The van der Waals surface area contributed by atoms with Crippen LogP contribution < -0.4 is 0 Å². The molecule has 16 heavy (non-hydrogen) atoms. The smallest absolute Gasteiger partial charge is 0.332 e. The van der Waals surface area contributed by atoms with E-state index in [9.17, 15) is 22.5 Å². The third kappa shape index (κ3) is 3.40. The van der Waals surface area contributed by atoms with Gasteiger partial charge in [0.15, 0.2) is 6.52 Å². The standard InChI is InChI=1S/C6H8BClF3N2O2P/c7-16(8,15)13-3-1-12(2-4-13)5(14)6(9,10)11/h1-4H2. The van der Waals surface area contributed by atoms with Crippen molar-refractivity contribution in [1.82, 2.24) is 9.57 Å². The van der Waals surface area contributed by atoms with Crippen LogP contribution >= 0.6 is 17.8 Å². The lowest BCUT2D eigenvalue weighted by molar-refractivity contribution is -0.186. The molecule has 0 N–H and O–H groups in total. The highest BCUT2D eigenvalue weighted by Crippen LogP contribution is 2.49. The molecule has 0 aliphatic carbocycles. The molecule has 0 bridgehead atoms. The number of rotatable bonds is 1. The molecule has 10 heteroatoms. The van der Waals surface area contributed by atoms with Crippen molar-refractivity contribution in [3.05, 3.63) is 0 Å². The van der Waals surface area contributed by atoms with E-state index in [0.29, 0.717) is 4.90 Å². The third-order valence-corrected chi connectivity index (χ3v) is 3.98. The van der Waals surface area contributed by atoms with Gasteiger partial charge in [0.25, 0.3) is 0 Å². The van der Waals surface area contributed by atoms with Crippen molar-refractivity contribution in [1.29, 1.82) is 0 Å². The molecule has 1 amide bonds. The predicted molar refractivity (Wildman–Crippen MR) is 53.4 cm³/mol. The van der Waals surface area contributed by atoms with E-state index in [1.165, 1.54) is 4.67 Å². The van der Waals surface area contributed by atoms with Crippen molar-refractivity contribution in [3.8, 4) is 0 Å². The molecule has 1 fully saturated rings. The van der Waals surface area contributed by atoms with Gasteiger partial charge in [-0.2, -0.15) is 13.2 Å². The number of carbonyl (C=O) groups is 1. The third-order valence-electron chi connectivity index (χ3n) is 2.17. The minimum absolute atomic E-state index is 0.0287. The van der Waals surface area contributed by atoms with Gasteiger partial charge in [-0.15, -0.1) is 0 Å². The summed E-state index contributed by atoms with van der Waals surface area (Å²) < 4.78 is 48.5. The van der Waals surface area contributed by atoms with Crippen LogP contribution in [0.2, 0.25) is 0 Å². The summed E-state index contributed by atoms with van der Waals surface area (Å²) in [6, 6.07) is 0. The SMILES string of the molecule is [B]P(=O)(Cl)N1CCN(C(=O)C(F)(F)F)CC1. The lowest BCUT2D eigenvalue weighted by atomic mass is 10.3. The van der Waals surface area contributed by atoms with Gasteiger partial charge < -0.3 is 9.46 Å². The molecule has 1 heterocycles. The fraction of sp³-hybridized carbons (Fsp3) is 0.833. The van der Waals surface area contributed by atoms with Gasteiger partial charge in [-0.05, 0) is 11.2 Å². The number of amides is 1. The summed E-state index contributed by atoms with van der Waals surface area (Å²) in [7, 11) is 5.14. The summed E-state index contributed by atoms with van der Waals surface area (Å²) in [5, 5.41) is 0. The topological polar surface area (TPSA) is 40.6 Å². The Bertz CT molecular complexity index is 326. The maximum absolute atomic E-state index is 12.1. The van der Waals surface area contributed by atoms with Crippen LogP contribution in [0.5, 0.6) is 0 Å². The number of hydrogen-bond acceptors (Lipinski definition) is 2. The van der Waals surface area contributed by atoms with Crippen molar-refractivity contribution < 1.29 is 22.5 Å². The van der Waals surface area contributed by atoms with Gasteiger partial charge in [0.2, 0.25) is 7.57 Å². The molecule has 1 rings (SSSR count). The molecule has 0 spiro atoms. The Morgan fingerprint density at radius 3 is 2.00 bits per heavy atom. The molecule has 1 atom stereocenters. The second-order valence-electron chi connectivity index (χ2n) is 3.29. The van der Waals surface area contributed by atoms with Crippen molar-refractivity contribution in [2.45, 2.75) is 6.18 Å². The first-order valence-corrected chi connectivity index (χ1v) is 6.95. The van der Waals surface area contributed by atoms with E-state index in [2.05, 4.69) is 0 Å². The zero-order chi connectivity index (χ0) is 12.6. The molecule has 1 aliphatic heterocycles. The Kier molecular flexibility index (Phi) is 3.97. The van der Waals surface area contributed by atoms with Crippen LogP contribution in [-0.4, -0.2) is 55.4 Å². The zero-order valence-electron chi connectivity index (χ0n) is 8.08. The van der Waals surface area contributed by atoms with Gasteiger partial charge >= 0.3 is 12.1 Å². The predicted octanol–water partition coefficient (Wildman–Crippen LogP) is 1.21. The largest absolute Gasteiger partial charge is 0.471 e. The van der Waals surface area contributed by atoms with Gasteiger partial charge in [-0.25, -0.2) is 4.67 Å². The summed E-state index contributed by atoms with van der Waals surface area (Å²) in [5.41, 5.74) is 0. The number of alkyl halides is 3. The zero-order valence-corrected chi connectivity index (χ0v) is 9.73. The quantitative estimate of drug-likeness (QED) is 0.533. The van der Waals surface area contributed by atoms with Gasteiger partial charge in [-0.3, -0.25) is 4.79 Å². The van der Waals surface area contributed by atoms with Gasteiger partial charge in [-0.1, -0.05) is 0 Å². The molecule has 4 nitrogen and oxygen atoms in total. The fourth-order valence-corrected chi connectivity index (χ4v) is 2.53. The first-order chi connectivity index (χ1) is 7.12. The minimum atomic E-state index is -4.88. The number of carbonyl (C=O) groups excluding carboxylic acids is 1. The van der Waals surface area contributed by atoms with E-state index in [-0.39, 0.29) is 26.2 Å². The van der Waals surface area contributed by atoms with Crippen molar-refractivity contribution in [2.75, 3.05) is 26.2 Å². The average molecular weight is 274 g/mol. The number of hydrogen-bond donors (Lipinski definition) is 0. The highest BCUT2D eigenvalue weighted by Gasteiger charge is 2.43. The van der Waals surface area contributed by atoms with Gasteiger partial charge in [0.1, 0.15) is 0 Å². The van der Waals surface area contributed by atoms with Crippen LogP contribution in [0.15, 0.2) is 0 Å².